The second-order valence-corrected chi connectivity index (χ2v) is 7.24. The zero-order chi connectivity index (χ0) is 18.8. The van der Waals surface area contributed by atoms with Crippen molar-refractivity contribution in [1.29, 1.82) is 0 Å². The Labute approximate surface area is 161 Å². The molecule has 5 nitrogen and oxygen atoms in total. The molecule has 1 aliphatic rings. The van der Waals surface area contributed by atoms with Crippen LogP contribution in [0.4, 0.5) is 10.2 Å². The number of carbonyl (C=O) groups excluding carboxylic acids is 1. The normalized spacial score (nSPS) is 14.1. The van der Waals surface area contributed by atoms with E-state index in [9.17, 15) is 9.18 Å². The monoisotopic (exact) mass is 386 g/mol. The molecule has 0 saturated heterocycles. The van der Waals surface area contributed by atoms with Gasteiger partial charge in [0.2, 0.25) is 0 Å². The number of nitrogens with zero attached hydrogens (tertiary/aromatic N) is 1. The molecule has 7 heteroatoms. The average molecular weight is 387 g/mol. The minimum Gasteiger partial charge on any atom is -0.367 e. The SMILES string of the molecule is O=C(NCCc1c[nH]c2cc(F)c(Cl)cc12)c1ccnc(NC2CCC2)c1. The van der Waals surface area contributed by atoms with Gasteiger partial charge in [-0.25, -0.2) is 9.37 Å². The average Bonchev–Trinajstić information content (AvgIpc) is 3.01. The summed E-state index contributed by atoms with van der Waals surface area (Å²) in [4.78, 5) is 19.7. The third kappa shape index (κ3) is 3.90. The smallest absolute Gasteiger partial charge is 0.251 e. The number of H-pyrrole nitrogens is 1. The summed E-state index contributed by atoms with van der Waals surface area (Å²) in [6.45, 7) is 0.467. The van der Waals surface area contributed by atoms with Crippen molar-refractivity contribution in [2.75, 3.05) is 11.9 Å². The summed E-state index contributed by atoms with van der Waals surface area (Å²) in [5.41, 5.74) is 2.25. The molecule has 1 saturated carbocycles. The third-order valence-electron chi connectivity index (χ3n) is 4.97. The molecule has 27 heavy (non-hydrogen) atoms. The van der Waals surface area contributed by atoms with Gasteiger partial charge in [-0.1, -0.05) is 11.6 Å². The zero-order valence-corrected chi connectivity index (χ0v) is 15.4. The number of nitrogens with one attached hydrogen (secondary N) is 3. The molecule has 1 amide bonds. The van der Waals surface area contributed by atoms with Crippen molar-refractivity contribution in [3.8, 4) is 0 Å². The molecule has 1 aliphatic carbocycles. The van der Waals surface area contributed by atoms with Crippen LogP contribution >= 0.6 is 11.6 Å². The number of aromatic nitrogens is 2. The van der Waals surface area contributed by atoms with E-state index in [1.807, 2.05) is 6.20 Å². The lowest BCUT2D eigenvalue weighted by atomic mass is 9.93. The maximum Gasteiger partial charge on any atom is 0.251 e. The second kappa shape index (κ2) is 7.56. The Balaban J connectivity index is 1.37. The molecule has 0 bridgehead atoms. The van der Waals surface area contributed by atoms with Gasteiger partial charge in [-0.05, 0) is 55.5 Å². The molecule has 140 valence electrons. The quantitative estimate of drug-likeness (QED) is 0.591. The summed E-state index contributed by atoms with van der Waals surface area (Å²) in [7, 11) is 0. The summed E-state index contributed by atoms with van der Waals surface area (Å²) in [5, 5.41) is 7.23. The molecule has 2 aromatic heterocycles. The fourth-order valence-corrected chi connectivity index (χ4v) is 3.37. The van der Waals surface area contributed by atoms with Crippen LogP contribution in [0.1, 0.15) is 35.2 Å². The van der Waals surface area contributed by atoms with Crippen LogP contribution in [0.5, 0.6) is 0 Å². The minimum atomic E-state index is -0.449. The van der Waals surface area contributed by atoms with Crippen molar-refractivity contribution in [3.05, 3.63) is 58.6 Å². The Hall–Kier alpha value is -2.60. The number of hydrogen-bond donors (Lipinski definition) is 3. The van der Waals surface area contributed by atoms with Crippen LogP contribution in [0.2, 0.25) is 5.02 Å². The van der Waals surface area contributed by atoms with Crippen LogP contribution in [0.15, 0.2) is 36.7 Å². The Morgan fingerprint density at radius 2 is 2.19 bits per heavy atom. The first-order valence-corrected chi connectivity index (χ1v) is 9.44. The number of hydrogen-bond acceptors (Lipinski definition) is 3. The van der Waals surface area contributed by atoms with Gasteiger partial charge in [-0.15, -0.1) is 0 Å². The lowest BCUT2D eigenvalue weighted by molar-refractivity contribution is 0.0954. The fourth-order valence-electron chi connectivity index (χ4n) is 3.21. The van der Waals surface area contributed by atoms with Crippen molar-refractivity contribution < 1.29 is 9.18 Å². The van der Waals surface area contributed by atoms with Gasteiger partial charge in [-0.2, -0.15) is 0 Å². The molecule has 0 spiro atoms. The van der Waals surface area contributed by atoms with Gasteiger partial charge >= 0.3 is 0 Å². The van der Waals surface area contributed by atoms with E-state index in [0.29, 0.717) is 30.1 Å². The molecule has 4 rings (SSSR count). The van der Waals surface area contributed by atoms with Crippen LogP contribution in [0.25, 0.3) is 10.9 Å². The molecule has 2 heterocycles. The number of amides is 1. The number of carbonyl (C=O) groups is 1. The third-order valence-corrected chi connectivity index (χ3v) is 5.26. The predicted molar refractivity (Wildman–Crippen MR) is 105 cm³/mol. The first-order valence-electron chi connectivity index (χ1n) is 9.06. The van der Waals surface area contributed by atoms with Gasteiger partial charge in [0.1, 0.15) is 11.6 Å². The predicted octanol–water partition coefficient (Wildman–Crippen LogP) is 4.29. The van der Waals surface area contributed by atoms with Crippen LogP contribution in [-0.4, -0.2) is 28.5 Å². The molecule has 3 N–H and O–H groups in total. The Morgan fingerprint density at radius 1 is 1.33 bits per heavy atom. The summed E-state index contributed by atoms with van der Waals surface area (Å²) in [6.07, 6.45) is 7.62. The van der Waals surface area contributed by atoms with E-state index in [0.717, 1.165) is 29.6 Å². The molecule has 1 fully saturated rings. The van der Waals surface area contributed by atoms with Crippen molar-refractivity contribution in [1.82, 2.24) is 15.3 Å². The Bertz CT molecular complexity index is 983. The molecule has 3 aromatic rings. The lowest BCUT2D eigenvalue weighted by Crippen LogP contribution is -2.28. The van der Waals surface area contributed by atoms with Crippen molar-refractivity contribution in [2.45, 2.75) is 31.7 Å². The van der Waals surface area contributed by atoms with E-state index in [2.05, 4.69) is 20.6 Å². The molecule has 0 atom stereocenters. The maximum absolute atomic E-state index is 13.5. The van der Waals surface area contributed by atoms with Gasteiger partial charge in [-0.3, -0.25) is 4.79 Å². The lowest BCUT2D eigenvalue weighted by Gasteiger charge is -2.26. The molecule has 0 aliphatic heterocycles. The highest BCUT2D eigenvalue weighted by Crippen LogP contribution is 2.25. The molecular formula is C20H20ClFN4O. The molecule has 1 aromatic carbocycles. The summed E-state index contributed by atoms with van der Waals surface area (Å²) < 4.78 is 13.5. The number of rotatable bonds is 6. The van der Waals surface area contributed by atoms with Gasteiger partial charge in [0.15, 0.2) is 0 Å². The highest BCUT2D eigenvalue weighted by Gasteiger charge is 2.18. The van der Waals surface area contributed by atoms with Gasteiger partial charge < -0.3 is 15.6 Å². The number of benzene rings is 1. The van der Waals surface area contributed by atoms with Crippen LogP contribution in [-0.2, 0) is 6.42 Å². The number of aromatic amines is 1. The number of fused-ring (bicyclic) bond motifs is 1. The van der Waals surface area contributed by atoms with E-state index in [-0.39, 0.29) is 10.9 Å². The van der Waals surface area contributed by atoms with E-state index >= 15 is 0 Å². The first kappa shape index (κ1) is 17.8. The Kier molecular flexibility index (Phi) is 4.99. The highest BCUT2D eigenvalue weighted by atomic mass is 35.5. The van der Waals surface area contributed by atoms with Crippen molar-refractivity contribution in [3.63, 3.8) is 0 Å². The summed E-state index contributed by atoms with van der Waals surface area (Å²) in [6, 6.07) is 6.95. The highest BCUT2D eigenvalue weighted by molar-refractivity contribution is 6.31. The number of pyridine rings is 1. The molecule has 0 unspecified atom stereocenters. The van der Waals surface area contributed by atoms with E-state index in [4.69, 9.17) is 11.6 Å². The standard InChI is InChI=1S/C20H20ClFN4O/c21-16-9-15-13(11-25-18(15)10-17(16)22)5-7-24-20(27)12-4-6-23-19(8-12)26-14-2-1-3-14/h4,6,8-11,14,25H,1-3,5,7H2,(H,23,26)(H,24,27). The first-order chi connectivity index (χ1) is 13.1. The molecule has 0 radical (unpaired) electrons. The van der Waals surface area contributed by atoms with Crippen molar-refractivity contribution in [2.24, 2.45) is 0 Å². The van der Waals surface area contributed by atoms with Crippen molar-refractivity contribution >= 4 is 34.2 Å². The largest absolute Gasteiger partial charge is 0.367 e. The van der Waals surface area contributed by atoms with E-state index in [1.54, 1.807) is 24.4 Å². The maximum atomic E-state index is 13.5. The summed E-state index contributed by atoms with van der Waals surface area (Å²) >= 11 is 5.88. The van der Waals surface area contributed by atoms with Crippen LogP contribution in [0, 0.1) is 5.82 Å². The topological polar surface area (TPSA) is 69.8 Å². The fraction of sp³-hybridized carbons (Fsp3) is 0.300. The van der Waals surface area contributed by atoms with Crippen LogP contribution < -0.4 is 10.6 Å². The van der Waals surface area contributed by atoms with Crippen LogP contribution in [0.3, 0.4) is 0 Å². The van der Waals surface area contributed by atoms with Gasteiger partial charge in [0.05, 0.1) is 5.02 Å². The second-order valence-electron chi connectivity index (χ2n) is 6.83. The molecular weight excluding hydrogens is 367 g/mol. The van der Waals surface area contributed by atoms with Gasteiger partial charge in [0.25, 0.3) is 5.91 Å². The minimum absolute atomic E-state index is 0.0932. The number of halogens is 2. The Morgan fingerprint density at radius 3 is 2.96 bits per heavy atom. The van der Waals surface area contributed by atoms with Gasteiger partial charge in [0, 0.05) is 41.4 Å². The summed E-state index contributed by atoms with van der Waals surface area (Å²) in [5.74, 6) is 0.147. The number of anilines is 1. The van der Waals surface area contributed by atoms with E-state index in [1.165, 1.54) is 12.5 Å². The zero-order valence-electron chi connectivity index (χ0n) is 14.7. The van der Waals surface area contributed by atoms with E-state index < -0.39 is 5.82 Å².